The number of allylic oxidation sites excluding steroid dienone is 2. The Bertz CT molecular complexity index is 992. The smallest absolute Gasteiger partial charge is 0.334 e. The molecule has 1 aromatic rings. The first kappa shape index (κ1) is 22.7. The summed E-state index contributed by atoms with van der Waals surface area (Å²) in [6, 6.07) is 7.06. The lowest BCUT2D eigenvalue weighted by Crippen LogP contribution is -2.62. The van der Waals surface area contributed by atoms with Gasteiger partial charge in [-0.3, -0.25) is 19.4 Å². The zero-order valence-electron chi connectivity index (χ0n) is 19.9. The van der Waals surface area contributed by atoms with E-state index in [1.54, 1.807) is 12.2 Å². The highest BCUT2D eigenvalue weighted by atomic mass is 16.5. The Morgan fingerprint density at radius 1 is 0.824 bits per heavy atom. The van der Waals surface area contributed by atoms with E-state index in [9.17, 15) is 14.4 Å². The van der Waals surface area contributed by atoms with Gasteiger partial charge in [0.2, 0.25) is 5.88 Å². The van der Waals surface area contributed by atoms with Gasteiger partial charge in [-0.15, -0.1) is 0 Å². The van der Waals surface area contributed by atoms with Crippen LogP contribution in [-0.2, 0) is 9.59 Å². The molecule has 34 heavy (non-hydrogen) atoms. The molecule has 3 fully saturated rings. The number of para-hydroxylation sites is 2. The van der Waals surface area contributed by atoms with Crippen molar-refractivity contribution in [2.75, 3.05) is 11.4 Å². The Balaban J connectivity index is 1.50. The average molecular weight is 464 g/mol. The molecule has 5 rings (SSSR count). The monoisotopic (exact) mass is 463 g/mol. The van der Waals surface area contributed by atoms with Gasteiger partial charge in [0.25, 0.3) is 11.8 Å². The van der Waals surface area contributed by atoms with Crippen LogP contribution in [0.25, 0.3) is 0 Å². The maximum Gasteiger partial charge on any atom is 0.334 e. The highest BCUT2D eigenvalue weighted by molar-refractivity contribution is 6.29. The number of nitrogens with zero attached hydrogens (tertiary/aromatic N) is 3. The molecule has 2 heterocycles. The summed E-state index contributed by atoms with van der Waals surface area (Å²) in [5.74, 6) is 0.383. The highest BCUT2D eigenvalue weighted by Crippen LogP contribution is 2.38. The molecule has 4 aliphatic rings. The van der Waals surface area contributed by atoms with Gasteiger partial charge in [-0.1, -0.05) is 50.7 Å². The minimum absolute atomic E-state index is 0.0545. The molecule has 0 unspecified atom stereocenters. The zero-order chi connectivity index (χ0) is 23.7. The summed E-state index contributed by atoms with van der Waals surface area (Å²) in [4.78, 5) is 45.4. The molecule has 0 spiro atoms. The lowest BCUT2D eigenvalue weighted by Gasteiger charge is -2.43. The van der Waals surface area contributed by atoms with E-state index >= 15 is 0 Å². The van der Waals surface area contributed by atoms with Gasteiger partial charge in [-0.2, -0.15) is 0 Å². The van der Waals surface area contributed by atoms with Crippen molar-refractivity contribution in [3.63, 3.8) is 0 Å². The Kier molecular flexibility index (Phi) is 6.44. The van der Waals surface area contributed by atoms with Crippen molar-refractivity contribution < 1.29 is 19.1 Å². The quantitative estimate of drug-likeness (QED) is 0.457. The Morgan fingerprint density at radius 3 is 1.94 bits per heavy atom. The summed E-state index contributed by atoms with van der Waals surface area (Å²) in [6.45, 7) is 2.71. The zero-order valence-corrected chi connectivity index (χ0v) is 19.9. The number of hydrogen-bond acceptors (Lipinski definition) is 5. The Labute approximate surface area is 201 Å². The average Bonchev–Trinajstić information content (AvgIpc) is 3.22. The number of barbiturate groups is 1. The van der Waals surface area contributed by atoms with Crippen LogP contribution in [0.5, 0.6) is 5.75 Å². The number of anilines is 1. The summed E-state index contributed by atoms with van der Waals surface area (Å²) in [5.41, 5.74) is 1.01. The third-order valence-electron chi connectivity index (χ3n) is 7.54. The number of amides is 4. The predicted octanol–water partition coefficient (Wildman–Crippen LogP) is 5.13. The lowest BCUT2D eigenvalue weighted by molar-refractivity contribution is -0.139. The molecule has 0 N–H and O–H groups in total. The standard InChI is InChI=1S/C27H33N3O4/c1-2-28-22-15-9-10-16-23(22)34-24(28)18-17-21-25(31)29(19-11-5-3-6-12-19)27(33)30(26(21)32)20-13-7-4-8-14-20/h9-10,15-20H,2-8,11-14H2,1H3/b24-18-. The summed E-state index contributed by atoms with van der Waals surface area (Å²) in [6.07, 6.45) is 12.7. The molecule has 0 aromatic heterocycles. The van der Waals surface area contributed by atoms with Gasteiger partial charge in [-0.25, -0.2) is 4.79 Å². The van der Waals surface area contributed by atoms with Crippen LogP contribution in [0, 0.1) is 0 Å². The van der Waals surface area contributed by atoms with Crippen LogP contribution in [-0.4, -0.2) is 46.3 Å². The molecule has 2 aliphatic heterocycles. The first-order valence-electron chi connectivity index (χ1n) is 12.8. The third kappa shape index (κ3) is 4.01. The number of imide groups is 2. The number of carbonyl (C=O) groups excluding carboxylic acids is 3. The second kappa shape index (κ2) is 9.65. The molecule has 1 aromatic carbocycles. The number of urea groups is 1. The molecule has 0 bridgehead atoms. The fourth-order valence-electron chi connectivity index (χ4n) is 5.76. The van der Waals surface area contributed by atoms with Crippen LogP contribution in [0.4, 0.5) is 10.5 Å². The maximum atomic E-state index is 13.6. The first-order chi connectivity index (χ1) is 16.6. The third-order valence-corrected chi connectivity index (χ3v) is 7.54. The van der Waals surface area contributed by atoms with Gasteiger partial charge >= 0.3 is 6.03 Å². The second-order valence-corrected chi connectivity index (χ2v) is 9.62. The van der Waals surface area contributed by atoms with Gasteiger partial charge in [0.05, 0.1) is 5.69 Å². The van der Waals surface area contributed by atoms with Gasteiger partial charge in [-0.05, 0) is 56.9 Å². The number of fused-ring (bicyclic) bond motifs is 1. The van der Waals surface area contributed by atoms with Crippen LogP contribution in [0.2, 0.25) is 0 Å². The van der Waals surface area contributed by atoms with Crippen molar-refractivity contribution in [1.82, 2.24) is 9.80 Å². The molecule has 1 saturated heterocycles. The summed E-state index contributed by atoms with van der Waals surface area (Å²) >= 11 is 0. The second-order valence-electron chi connectivity index (χ2n) is 9.62. The van der Waals surface area contributed by atoms with Gasteiger partial charge < -0.3 is 9.64 Å². The molecule has 2 aliphatic carbocycles. The number of benzene rings is 1. The molecule has 7 nitrogen and oxygen atoms in total. The van der Waals surface area contributed by atoms with E-state index in [0.717, 1.165) is 75.6 Å². The van der Waals surface area contributed by atoms with E-state index in [1.165, 1.54) is 9.80 Å². The van der Waals surface area contributed by atoms with E-state index in [2.05, 4.69) is 0 Å². The summed E-state index contributed by atoms with van der Waals surface area (Å²) in [7, 11) is 0. The van der Waals surface area contributed by atoms with Crippen LogP contribution >= 0.6 is 0 Å². The van der Waals surface area contributed by atoms with Gasteiger partial charge in [0.1, 0.15) is 5.57 Å². The number of rotatable bonds is 4. The molecule has 4 amide bonds. The van der Waals surface area contributed by atoms with E-state index < -0.39 is 17.8 Å². The number of carbonyl (C=O) groups is 3. The van der Waals surface area contributed by atoms with Crippen molar-refractivity contribution >= 4 is 23.5 Å². The van der Waals surface area contributed by atoms with E-state index in [-0.39, 0.29) is 17.7 Å². The van der Waals surface area contributed by atoms with E-state index in [4.69, 9.17) is 4.74 Å². The fraction of sp³-hybridized carbons (Fsp3) is 0.519. The SMILES string of the molecule is CCN1/C(=C/C=C2C(=O)N(C3CCCCC3)C(=O)N(C3CCCCC3)C2=O)Oc2ccccc21. The van der Waals surface area contributed by atoms with Gasteiger partial charge in [0, 0.05) is 18.6 Å². The minimum atomic E-state index is -0.468. The summed E-state index contributed by atoms with van der Waals surface area (Å²) in [5, 5.41) is 0. The largest absolute Gasteiger partial charge is 0.439 e. The molecular formula is C27H33N3O4. The van der Waals surface area contributed by atoms with E-state index in [0.29, 0.717) is 12.4 Å². The molecule has 7 heteroatoms. The van der Waals surface area contributed by atoms with Crippen LogP contribution in [0.15, 0.2) is 47.9 Å². The van der Waals surface area contributed by atoms with E-state index in [1.807, 2.05) is 36.1 Å². The fourth-order valence-corrected chi connectivity index (χ4v) is 5.76. The van der Waals surface area contributed by atoms with Crippen molar-refractivity contribution in [3.05, 3.63) is 47.9 Å². The topological polar surface area (TPSA) is 70.2 Å². The Hall–Kier alpha value is -3.09. The van der Waals surface area contributed by atoms with Crippen molar-refractivity contribution in [1.29, 1.82) is 0 Å². The normalized spacial score (nSPS) is 23.6. The molecule has 180 valence electrons. The molecule has 0 radical (unpaired) electrons. The van der Waals surface area contributed by atoms with Crippen LogP contribution < -0.4 is 9.64 Å². The van der Waals surface area contributed by atoms with Crippen molar-refractivity contribution in [2.45, 2.75) is 83.2 Å². The van der Waals surface area contributed by atoms with Crippen molar-refractivity contribution in [3.8, 4) is 5.75 Å². The summed E-state index contributed by atoms with van der Waals surface area (Å²) < 4.78 is 6.01. The lowest BCUT2D eigenvalue weighted by atomic mass is 9.91. The molecule has 0 atom stereocenters. The minimum Gasteiger partial charge on any atom is -0.439 e. The first-order valence-corrected chi connectivity index (χ1v) is 12.8. The number of ether oxygens (including phenoxy) is 1. The predicted molar refractivity (Wildman–Crippen MR) is 129 cm³/mol. The molecule has 2 saturated carbocycles. The maximum absolute atomic E-state index is 13.6. The van der Waals surface area contributed by atoms with Crippen LogP contribution in [0.1, 0.15) is 71.1 Å². The highest BCUT2D eigenvalue weighted by Gasteiger charge is 2.47. The Morgan fingerprint density at radius 2 is 1.38 bits per heavy atom. The number of hydrogen-bond donors (Lipinski definition) is 0. The van der Waals surface area contributed by atoms with Crippen LogP contribution in [0.3, 0.4) is 0 Å². The van der Waals surface area contributed by atoms with Gasteiger partial charge in [0.15, 0.2) is 5.75 Å². The van der Waals surface area contributed by atoms with Crippen molar-refractivity contribution in [2.24, 2.45) is 0 Å². The molecular weight excluding hydrogens is 430 g/mol.